The Morgan fingerprint density at radius 3 is 2.48 bits per heavy atom. The molecule has 1 aliphatic heterocycles. The number of nitrogens with two attached hydrogens (primary N) is 2. The molecular weight excluding hydrogens is 292 g/mol. The number of nitrogen functional groups attached to an aromatic ring is 2. The van der Waals surface area contributed by atoms with Gasteiger partial charge in [-0.15, -0.1) is 0 Å². The normalized spacial score (nSPS) is 18.2. The minimum Gasteiger partial charge on any atom is -0.382 e. The van der Waals surface area contributed by atoms with Crippen LogP contribution in [-0.2, 0) is 0 Å². The van der Waals surface area contributed by atoms with Crippen molar-refractivity contribution in [2.24, 2.45) is 5.92 Å². The molecule has 0 radical (unpaired) electrons. The summed E-state index contributed by atoms with van der Waals surface area (Å²) in [5.74, 6) is 7.00. The second kappa shape index (κ2) is 7.49. The molecule has 1 aliphatic rings. The van der Waals surface area contributed by atoms with Crippen LogP contribution in [0.2, 0.25) is 0 Å². The number of anilines is 3. The number of aliphatic hydroxyl groups is 1. The molecule has 1 saturated heterocycles. The number of rotatable bonds is 3. The van der Waals surface area contributed by atoms with Gasteiger partial charge in [-0.05, 0) is 13.0 Å². The first-order valence-corrected chi connectivity index (χ1v) is 7.98. The van der Waals surface area contributed by atoms with Crippen LogP contribution in [0.5, 0.6) is 0 Å². The first-order valence-electron chi connectivity index (χ1n) is 7.98. The molecular formula is C16H26N6O. The third-order valence-electron chi connectivity index (χ3n) is 4.27. The SMILES string of the molecule is CCC(C)C(O)C#Cc1c(N)nc(N)nc1N1CCN(C)CC1. The number of aliphatic hydroxyl groups excluding tert-OH is 1. The Hall–Kier alpha value is -2.04. The molecule has 0 spiro atoms. The van der Waals surface area contributed by atoms with Crippen LogP contribution < -0.4 is 16.4 Å². The lowest BCUT2D eigenvalue weighted by Crippen LogP contribution is -2.45. The molecule has 7 heteroatoms. The van der Waals surface area contributed by atoms with E-state index in [2.05, 4.69) is 38.7 Å². The second-order valence-corrected chi connectivity index (χ2v) is 6.06. The van der Waals surface area contributed by atoms with Gasteiger partial charge >= 0.3 is 0 Å². The fraction of sp³-hybridized carbons (Fsp3) is 0.625. The molecule has 2 rings (SSSR count). The standard InChI is InChI=1S/C16H26N6O/c1-4-11(2)13(23)6-5-12-14(17)19-16(18)20-15(12)22-9-7-21(3)8-10-22/h11,13,23H,4,7-10H2,1-3H3,(H4,17,18,19,20). The van der Waals surface area contributed by atoms with Crippen LogP contribution in [-0.4, -0.2) is 59.3 Å². The van der Waals surface area contributed by atoms with Crippen LogP contribution in [0.25, 0.3) is 0 Å². The van der Waals surface area contributed by atoms with Gasteiger partial charge in [0, 0.05) is 26.2 Å². The van der Waals surface area contributed by atoms with Gasteiger partial charge in [0.15, 0.2) is 5.82 Å². The summed E-state index contributed by atoms with van der Waals surface area (Å²) >= 11 is 0. The maximum atomic E-state index is 10.1. The Bertz CT molecular complexity index is 601. The van der Waals surface area contributed by atoms with Crippen molar-refractivity contribution < 1.29 is 5.11 Å². The molecule has 2 heterocycles. The van der Waals surface area contributed by atoms with E-state index in [4.69, 9.17) is 11.5 Å². The van der Waals surface area contributed by atoms with Gasteiger partial charge in [-0.2, -0.15) is 9.97 Å². The molecule has 2 atom stereocenters. The van der Waals surface area contributed by atoms with Gasteiger partial charge in [-0.1, -0.05) is 32.1 Å². The third kappa shape index (κ3) is 4.24. The van der Waals surface area contributed by atoms with E-state index >= 15 is 0 Å². The fourth-order valence-corrected chi connectivity index (χ4v) is 2.36. The highest BCUT2D eigenvalue weighted by atomic mass is 16.3. The molecule has 1 aromatic rings. The highest BCUT2D eigenvalue weighted by Gasteiger charge is 2.20. The van der Waals surface area contributed by atoms with E-state index in [1.54, 1.807) is 0 Å². The summed E-state index contributed by atoms with van der Waals surface area (Å²) in [6.45, 7) is 7.51. The van der Waals surface area contributed by atoms with Gasteiger partial charge in [-0.25, -0.2) is 0 Å². The van der Waals surface area contributed by atoms with Crippen molar-refractivity contribution in [1.29, 1.82) is 0 Å². The zero-order valence-corrected chi connectivity index (χ0v) is 14.1. The molecule has 1 fully saturated rings. The monoisotopic (exact) mass is 318 g/mol. The lowest BCUT2D eigenvalue weighted by molar-refractivity contribution is 0.169. The van der Waals surface area contributed by atoms with E-state index in [-0.39, 0.29) is 17.7 Å². The van der Waals surface area contributed by atoms with E-state index in [9.17, 15) is 5.11 Å². The number of nitrogens with zero attached hydrogens (tertiary/aromatic N) is 4. The summed E-state index contributed by atoms with van der Waals surface area (Å²) in [4.78, 5) is 12.7. The summed E-state index contributed by atoms with van der Waals surface area (Å²) in [5, 5.41) is 10.1. The van der Waals surface area contributed by atoms with E-state index in [1.165, 1.54) is 0 Å². The fourth-order valence-electron chi connectivity index (χ4n) is 2.36. The number of aromatic nitrogens is 2. The Labute approximate surface area is 137 Å². The molecule has 0 bridgehead atoms. The van der Waals surface area contributed by atoms with Gasteiger partial charge in [-0.3, -0.25) is 0 Å². The molecule has 126 valence electrons. The van der Waals surface area contributed by atoms with Gasteiger partial charge < -0.3 is 26.4 Å². The lowest BCUT2D eigenvalue weighted by atomic mass is 10.0. The van der Waals surface area contributed by atoms with Crippen molar-refractivity contribution in [3.05, 3.63) is 5.56 Å². The van der Waals surface area contributed by atoms with Gasteiger partial charge in [0.05, 0.1) is 0 Å². The van der Waals surface area contributed by atoms with Crippen molar-refractivity contribution in [2.75, 3.05) is 49.6 Å². The zero-order valence-electron chi connectivity index (χ0n) is 14.1. The van der Waals surface area contributed by atoms with Crippen LogP contribution in [0, 0.1) is 17.8 Å². The average molecular weight is 318 g/mol. The van der Waals surface area contributed by atoms with Crippen LogP contribution >= 0.6 is 0 Å². The van der Waals surface area contributed by atoms with Crippen LogP contribution in [0.3, 0.4) is 0 Å². The largest absolute Gasteiger partial charge is 0.382 e. The number of hydrogen-bond donors (Lipinski definition) is 3. The maximum absolute atomic E-state index is 10.1. The van der Waals surface area contributed by atoms with Crippen LogP contribution in [0.4, 0.5) is 17.6 Å². The van der Waals surface area contributed by atoms with Crippen molar-refractivity contribution in [1.82, 2.24) is 14.9 Å². The molecule has 0 aromatic carbocycles. The Morgan fingerprint density at radius 2 is 1.87 bits per heavy atom. The Kier molecular flexibility index (Phi) is 5.64. The molecule has 0 aliphatic carbocycles. The number of hydrogen-bond acceptors (Lipinski definition) is 7. The first-order chi connectivity index (χ1) is 10.9. The molecule has 0 saturated carbocycles. The topological polar surface area (TPSA) is 105 Å². The smallest absolute Gasteiger partial charge is 0.224 e. The maximum Gasteiger partial charge on any atom is 0.224 e. The van der Waals surface area contributed by atoms with Gasteiger partial charge in [0.2, 0.25) is 5.95 Å². The predicted octanol–water partition coefficient (Wildman–Crippen LogP) is 0.151. The van der Waals surface area contributed by atoms with Crippen LogP contribution in [0.1, 0.15) is 25.8 Å². The third-order valence-corrected chi connectivity index (χ3v) is 4.27. The Morgan fingerprint density at radius 1 is 1.22 bits per heavy atom. The molecule has 1 aromatic heterocycles. The number of piperazine rings is 1. The van der Waals surface area contributed by atoms with Crippen molar-refractivity contribution in [3.63, 3.8) is 0 Å². The second-order valence-electron chi connectivity index (χ2n) is 6.06. The molecule has 23 heavy (non-hydrogen) atoms. The highest BCUT2D eigenvalue weighted by Crippen LogP contribution is 2.24. The Balaban J connectivity index is 2.33. The molecule has 5 N–H and O–H groups in total. The highest BCUT2D eigenvalue weighted by molar-refractivity contribution is 5.67. The quantitative estimate of drug-likeness (QED) is 0.681. The molecule has 0 amide bonds. The molecule has 7 nitrogen and oxygen atoms in total. The van der Waals surface area contributed by atoms with Crippen molar-refractivity contribution >= 4 is 17.6 Å². The lowest BCUT2D eigenvalue weighted by Gasteiger charge is -2.33. The number of likely N-dealkylation sites (N-methyl/N-ethyl adjacent to an activating group) is 1. The predicted molar refractivity (Wildman–Crippen MR) is 92.9 cm³/mol. The minimum absolute atomic E-state index is 0.102. The summed E-state index contributed by atoms with van der Waals surface area (Å²) in [6.07, 6.45) is 0.159. The van der Waals surface area contributed by atoms with Crippen molar-refractivity contribution in [2.45, 2.75) is 26.4 Å². The van der Waals surface area contributed by atoms with E-state index in [0.29, 0.717) is 11.4 Å². The van der Waals surface area contributed by atoms with Crippen molar-refractivity contribution in [3.8, 4) is 11.8 Å². The summed E-state index contributed by atoms with van der Waals surface area (Å²) in [7, 11) is 2.09. The summed E-state index contributed by atoms with van der Waals surface area (Å²) < 4.78 is 0. The summed E-state index contributed by atoms with van der Waals surface area (Å²) in [5.41, 5.74) is 12.3. The first kappa shape index (κ1) is 17.3. The van der Waals surface area contributed by atoms with E-state index in [1.807, 2.05) is 13.8 Å². The van der Waals surface area contributed by atoms with Gasteiger partial charge in [0.1, 0.15) is 17.5 Å². The molecule has 2 unspecified atom stereocenters. The van der Waals surface area contributed by atoms with Gasteiger partial charge in [0.25, 0.3) is 0 Å². The zero-order chi connectivity index (χ0) is 17.0. The van der Waals surface area contributed by atoms with E-state index < -0.39 is 6.10 Å². The van der Waals surface area contributed by atoms with Crippen LogP contribution in [0.15, 0.2) is 0 Å². The van der Waals surface area contributed by atoms with E-state index in [0.717, 1.165) is 32.6 Å². The minimum atomic E-state index is -0.697. The summed E-state index contributed by atoms with van der Waals surface area (Å²) in [6, 6.07) is 0. The average Bonchev–Trinajstić information content (AvgIpc) is 2.53.